The van der Waals surface area contributed by atoms with Crippen LogP contribution >= 0.6 is 0 Å². The summed E-state index contributed by atoms with van der Waals surface area (Å²) in [6.45, 7) is 5.98. The molecule has 3 heteroatoms. The van der Waals surface area contributed by atoms with Crippen molar-refractivity contribution in [2.45, 2.75) is 20.8 Å². The number of amidine groups is 1. The second-order valence-electron chi connectivity index (χ2n) is 4.74. The van der Waals surface area contributed by atoms with E-state index in [9.17, 15) is 0 Å². The van der Waals surface area contributed by atoms with E-state index >= 15 is 0 Å². The maximum Gasteiger partial charge on any atom is 0.141 e. The molecule has 0 aliphatic rings. The van der Waals surface area contributed by atoms with Crippen molar-refractivity contribution in [3.05, 3.63) is 58.7 Å². The second kappa shape index (κ2) is 5.14. The number of benzene rings is 2. The van der Waals surface area contributed by atoms with Gasteiger partial charge in [0.2, 0.25) is 0 Å². The smallest absolute Gasteiger partial charge is 0.141 e. The minimum atomic E-state index is 0.0176. The van der Waals surface area contributed by atoms with E-state index in [0.29, 0.717) is 11.3 Å². The van der Waals surface area contributed by atoms with Crippen LogP contribution in [0.1, 0.15) is 22.3 Å². The van der Waals surface area contributed by atoms with E-state index in [2.05, 4.69) is 0 Å². The summed E-state index contributed by atoms with van der Waals surface area (Å²) >= 11 is 0. The Kier molecular flexibility index (Phi) is 3.56. The highest BCUT2D eigenvalue weighted by Gasteiger charge is 2.11. The second-order valence-corrected chi connectivity index (χ2v) is 4.74. The fourth-order valence-electron chi connectivity index (χ4n) is 1.93. The Morgan fingerprint density at radius 2 is 1.79 bits per heavy atom. The Bertz CT molecular complexity index is 633. The number of rotatable bonds is 3. The van der Waals surface area contributed by atoms with Gasteiger partial charge in [-0.2, -0.15) is 0 Å². The van der Waals surface area contributed by atoms with E-state index in [1.165, 1.54) is 0 Å². The molecule has 0 aliphatic heterocycles. The molecule has 0 heterocycles. The van der Waals surface area contributed by atoms with E-state index in [1.807, 2.05) is 51.1 Å². The molecule has 0 fully saturated rings. The molecule has 2 rings (SSSR count). The summed E-state index contributed by atoms with van der Waals surface area (Å²) in [6.07, 6.45) is 0. The van der Waals surface area contributed by atoms with Crippen LogP contribution in [0.4, 0.5) is 0 Å². The van der Waals surface area contributed by atoms with Crippen LogP contribution < -0.4 is 10.5 Å². The SMILES string of the molecule is Cc1ccc(C)c(Oc2c(C)cccc2C(=N)N)c1. The van der Waals surface area contributed by atoms with Crippen molar-refractivity contribution < 1.29 is 4.74 Å². The Morgan fingerprint density at radius 1 is 1.05 bits per heavy atom. The molecule has 0 bridgehead atoms. The topological polar surface area (TPSA) is 59.1 Å². The average molecular weight is 254 g/mol. The summed E-state index contributed by atoms with van der Waals surface area (Å²) in [5.41, 5.74) is 9.40. The maximum absolute atomic E-state index is 7.63. The van der Waals surface area contributed by atoms with Crippen molar-refractivity contribution in [3.8, 4) is 11.5 Å². The minimum absolute atomic E-state index is 0.0176. The lowest BCUT2D eigenvalue weighted by Gasteiger charge is -2.15. The van der Waals surface area contributed by atoms with Gasteiger partial charge in [-0.05, 0) is 49.6 Å². The van der Waals surface area contributed by atoms with Gasteiger partial charge in [0.05, 0.1) is 5.56 Å². The molecule has 98 valence electrons. The molecular formula is C16H18N2O. The molecule has 3 N–H and O–H groups in total. The van der Waals surface area contributed by atoms with Gasteiger partial charge in [-0.25, -0.2) is 0 Å². The lowest BCUT2D eigenvalue weighted by atomic mass is 10.1. The monoisotopic (exact) mass is 254 g/mol. The van der Waals surface area contributed by atoms with Gasteiger partial charge >= 0.3 is 0 Å². The highest BCUT2D eigenvalue weighted by Crippen LogP contribution is 2.31. The first-order chi connectivity index (χ1) is 8.99. The van der Waals surface area contributed by atoms with Crippen molar-refractivity contribution in [2.75, 3.05) is 0 Å². The number of aryl methyl sites for hydroxylation is 3. The third-order valence-corrected chi connectivity index (χ3v) is 3.06. The molecule has 0 amide bonds. The van der Waals surface area contributed by atoms with Gasteiger partial charge in [-0.1, -0.05) is 24.3 Å². The first kappa shape index (κ1) is 13.1. The Morgan fingerprint density at radius 3 is 2.47 bits per heavy atom. The molecule has 0 unspecified atom stereocenters. The van der Waals surface area contributed by atoms with Crippen LogP contribution in [0.5, 0.6) is 11.5 Å². The van der Waals surface area contributed by atoms with Crippen molar-refractivity contribution in [3.63, 3.8) is 0 Å². The molecule has 0 aromatic heterocycles. The third kappa shape index (κ3) is 2.76. The lowest BCUT2D eigenvalue weighted by molar-refractivity contribution is 0.473. The molecule has 0 radical (unpaired) electrons. The predicted octanol–water partition coefficient (Wildman–Crippen LogP) is 3.69. The summed E-state index contributed by atoms with van der Waals surface area (Å²) in [7, 11) is 0. The fourth-order valence-corrected chi connectivity index (χ4v) is 1.93. The number of ether oxygens (including phenoxy) is 1. The fraction of sp³-hybridized carbons (Fsp3) is 0.188. The Labute approximate surface area is 113 Å². The van der Waals surface area contributed by atoms with Gasteiger partial charge in [0.25, 0.3) is 0 Å². The molecule has 2 aromatic carbocycles. The van der Waals surface area contributed by atoms with E-state index < -0.39 is 0 Å². The van der Waals surface area contributed by atoms with Gasteiger partial charge in [0, 0.05) is 0 Å². The van der Waals surface area contributed by atoms with Crippen LogP contribution in [0.15, 0.2) is 36.4 Å². The number of hydrogen-bond acceptors (Lipinski definition) is 2. The number of nitrogens with one attached hydrogen (secondary N) is 1. The lowest BCUT2D eigenvalue weighted by Crippen LogP contribution is -2.13. The normalized spacial score (nSPS) is 10.3. The van der Waals surface area contributed by atoms with E-state index in [-0.39, 0.29) is 5.84 Å². The molecule has 19 heavy (non-hydrogen) atoms. The van der Waals surface area contributed by atoms with Crippen LogP contribution in [0.25, 0.3) is 0 Å². The van der Waals surface area contributed by atoms with Gasteiger partial charge in [-0.3, -0.25) is 5.41 Å². The molecular weight excluding hydrogens is 236 g/mol. The van der Waals surface area contributed by atoms with E-state index in [0.717, 1.165) is 22.4 Å². The van der Waals surface area contributed by atoms with E-state index in [1.54, 1.807) is 6.07 Å². The molecule has 2 aromatic rings. The zero-order valence-electron chi connectivity index (χ0n) is 11.4. The van der Waals surface area contributed by atoms with Crippen LogP contribution in [-0.2, 0) is 0 Å². The largest absolute Gasteiger partial charge is 0.456 e. The van der Waals surface area contributed by atoms with Crippen LogP contribution in [-0.4, -0.2) is 5.84 Å². The Hall–Kier alpha value is -2.29. The van der Waals surface area contributed by atoms with Gasteiger partial charge < -0.3 is 10.5 Å². The summed E-state index contributed by atoms with van der Waals surface area (Å²) in [5.74, 6) is 1.48. The highest BCUT2D eigenvalue weighted by molar-refractivity contribution is 5.98. The molecule has 0 atom stereocenters. The zero-order chi connectivity index (χ0) is 14.0. The first-order valence-corrected chi connectivity index (χ1v) is 6.18. The molecule has 0 saturated heterocycles. The van der Waals surface area contributed by atoms with Crippen LogP contribution in [0.2, 0.25) is 0 Å². The maximum atomic E-state index is 7.63. The zero-order valence-corrected chi connectivity index (χ0v) is 11.4. The summed E-state index contributed by atoms with van der Waals surface area (Å²) in [5, 5.41) is 7.63. The van der Waals surface area contributed by atoms with Crippen LogP contribution in [0.3, 0.4) is 0 Å². The summed E-state index contributed by atoms with van der Waals surface area (Å²) in [4.78, 5) is 0. The van der Waals surface area contributed by atoms with Gasteiger partial charge in [-0.15, -0.1) is 0 Å². The van der Waals surface area contributed by atoms with Gasteiger partial charge in [0.1, 0.15) is 17.3 Å². The predicted molar refractivity (Wildman–Crippen MR) is 78.2 cm³/mol. The molecule has 0 aliphatic carbocycles. The quantitative estimate of drug-likeness (QED) is 0.648. The van der Waals surface area contributed by atoms with Crippen molar-refractivity contribution in [1.82, 2.24) is 0 Å². The van der Waals surface area contributed by atoms with Gasteiger partial charge in [0.15, 0.2) is 0 Å². The average Bonchev–Trinajstić information content (AvgIpc) is 2.35. The minimum Gasteiger partial charge on any atom is -0.456 e. The van der Waals surface area contributed by atoms with Crippen molar-refractivity contribution in [1.29, 1.82) is 5.41 Å². The highest BCUT2D eigenvalue weighted by atomic mass is 16.5. The molecule has 0 saturated carbocycles. The number of nitrogen functional groups attached to an aromatic ring is 1. The Balaban J connectivity index is 2.49. The van der Waals surface area contributed by atoms with Crippen molar-refractivity contribution >= 4 is 5.84 Å². The summed E-state index contributed by atoms with van der Waals surface area (Å²) < 4.78 is 5.99. The van der Waals surface area contributed by atoms with E-state index in [4.69, 9.17) is 15.9 Å². The third-order valence-electron chi connectivity index (χ3n) is 3.06. The number of nitrogens with two attached hydrogens (primary N) is 1. The first-order valence-electron chi connectivity index (χ1n) is 6.18. The van der Waals surface area contributed by atoms with Crippen molar-refractivity contribution in [2.24, 2.45) is 5.73 Å². The summed E-state index contributed by atoms with van der Waals surface area (Å²) in [6, 6.07) is 11.7. The standard InChI is InChI=1S/C16H18N2O/c1-10-7-8-11(2)14(9-10)19-15-12(3)5-4-6-13(15)16(17)18/h4-9H,1-3H3,(H3,17,18). The molecule has 3 nitrogen and oxygen atoms in total. The number of hydrogen-bond donors (Lipinski definition) is 2. The van der Waals surface area contributed by atoms with Crippen LogP contribution in [0, 0.1) is 26.2 Å². The molecule has 0 spiro atoms. The number of para-hydroxylation sites is 1.